The number of hydrogen-bond acceptors (Lipinski definition) is 10. The smallest absolute Gasteiger partial charge is 0.424 e. The van der Waals surface area contributed by atoms with E-state index in [-0.39, 0.29) is 17.8 Å². The molecule has 3 atom stereocenters. The van der Waals surface area contributed by atoms with Gasteiger partial charge in [-0.15, -0.1) is 13.2 Å². The van der Waals surface area contributed by atoms with Gasteiger partial charge >= 0.3 is 6.36 Å². The number of alkyl halides is 3. The Balaban J connectivity index is 1.06. The highest BCUT2D eigenvalue weighted by Crippen LogP contribution is 2.30. The molecule has 6 rings (SSSR count). The summed E-state index contributed by atoms with van der Waals surface area (Å²) in [6.45, 7) is 3.60. The molecule has 2 fully saturated rings. The summed E-state index contributed by atoms with van der Waals surface area (Å²) in [5.74, 6) is 1.18. The molecule has 2 N–H and O–H groups in total. The number of nitrogens with zero attached hydrogens (tertiary/aromatic N) is 5. The molecule has 1 saturated carbocycles. The zero-order valence-electron chi connectivity index (χ0n) is 23.1. The highest BCUT2D eigenvalue weighted by Gasteiger charge is 2.32. The number of aryl methyl sites for hydroxylation is 1. The van der Waals surface area contributed by atoms with E-state index in [1.165, 1.54) is 24.3 Å². The Morgan fingerprint density at radius 3 is 2.48 bits per heavy atom. The van der Waals surface area contributed by atoms with Gasteiger partial charge in [0.05, 0.1) is 18.1 Å². The van der Waals surface area contributed by atoms with Crippen molar-refractivity contribution < 1.29 is 26.8 Å². The van der Waals surface area contributed by atoms with Crippen LogP contribution in [0.1, 0.15) is 44.4 Å². The molecule has 0 bridgehead atoms. The Bertz CT molecular complexity index is 1460. The van der Waals surface area contributed by atoms with E-state index in [0.717, 1.165) is 57.3 Å². The van der Waals surface area contributed by atoms with Gasteiger partial charge in [0.2, 0.25) is 11.7 Å². The molecule has 2 aliphatic rings. The first-order chi connectivity index (χ1) is 20.3. The first-order valence-corrected chi connectivity index (χ1v) is 14.2. The maximum atomic E-state index is 12.5. The number of aromatic nitrogens is 4. The maximum Gasteiger partial charge on any atom is 0.573 e. The molecule has 0 unspecified atom stereocenters. The highest BCUT2D eigenvalue weighted by molar-refractivity contribution is 5.59. The van der Waals surface area contributed by atoms with E-state index in [1.807, 2.05) is 12.3 Å². The van der Waals surface area contributed by atoms with Crippen LogP contribution in [0.5, 0.6) is 5.75 Å². The third-order valence-corrected chi connectivity index (χ3v) is 7.69. The summed E-state index contributed by atoms with van der Waals surface area (Å²) in [7, 11) is 0. The molecular formula is C29H32F3N7O3. The van der Waals surface area contributed by atoms with Crippen molar-refractivity contribution in [1.82, 2.24) is 25.4 Å². The lowest BCUT2D eigenvalue weighted by Gasteiger charge is -2.40. The minimum Gasteiger partial charge on any atom is -0.424 e. The molecule has 3 aromatic heterocycles. The zero-order chi connectivity index (χ0) is 29.1. The summed E-state index contributed by atoms with van der Waals surface area (Å²) in [6, 6.07) is 10.6. The van der Waals surface area contributed by atoms with Crippen LogP contribution in [0.25, 0.3) is 22.8 Å². The van der Waals surface area contributed by atoms with Gasteiger partial charge < -0.3 is 29.2 Å². The zero-order valence-corrected chi connectivity index (χ0v) is 23.1. The fourth-order valence-electron chi connectivity index (χ4n) is 5.72. The maximum absolute atomic E-state index is 12.5. The number of pyridine rings is 1. The first kappa shape index (κ1) is 28.0. The molecule has 1 aliphatic heterocycles. The molecule has 42 heavy (non-hydrogen) atoms. The summed E-state index contributed by atoms with van der Waals surface area (Å²) in [4.78, 5) is 15.5. The van der Waals surface area contributed by atoms with Crippen molar-refractivity contribution in [1.29, 1.82) is 0 Å². The lowest BCUT2D eigenvalue weighted by molar-refractivity contribution is -0.274. The van der Waals surface area contributed by atoms with E-state index in [0.29, 0.717) is 40.8 Å². The van der Waals surface area contributed by atoms with E-state index in [2.05, 4.69) is 46.4 Å². The Hall–Kier alpha value is -4.13. The number of halogens is 3. The van der Waals surface area contributed by atoms with Crippen LogP contribution in [0.3, 0.4) is 0 Å². The van der Waals surface area contributed by atoms with Gasteiger partial charge in [0, 0.05) is 43.7 Å². The predicted molar refractivity (Wildman–Crippen MR) is 149 cm³/mol. The van der Waals surface area contributed by atoms with Crippen LogP contribution in [-0.4, -0.2) is 57.7 Å². The van der Waals surface area contributed by atoms with Crippen molar-refractivity contribution in [3.05, 3.63) is 54.7 Å². The molecule has 4 aromatic rings. The predicted octanol–water partition coefficient (Wildman–Crippen LogP) is 5.98. The number of oxazole rings is 1. The van der Waals surface area contributed by atoms with E-state index in [9.17, 15) is 13.2 Å². The molecule has 222 valence electrons. The van der Waals surface area contributed by atoms with E-state index in [1.54, 1.807) is 13.1 Å². The summed E-state index contributed by atoms with van der Waals surface area (Å²) >= 11 is 0. The second-order valence-corrected chi connectivity index (χ2v) is 10.7. The molecule has 0 spiro atoms. The van der Waals surface area contributed by atoms with Crippen LogP contribution >= 0.6 is 0 Å². The third kappa shape index (κ3) is 6.84. The van der Waals surface area contributed by atoms with E-state index in [4.69, 9.17) is 8.94 Å². The van der Waals surface area contributed by atoms with Gasteiger partial charge in [0.25, 0.3) is 6.01 Å². The quantitative estimate of drug-likeness (QED) is 0.257. The lowest BCUT2D eigenvalue weighted by Crippen LogP contribution is -2.54. The van der Waals surface area contributed by atoms with E-state index < -0.39 is 6.36 Å². The number of nitrogens with one attached hydrogen (secondary N) is 2. The highest BCUT2D eigenvalue weighted by atomic mass is 19.4. The van der Waals surface area contributed by atoms with Crippen LogP contribution in [0.2, 0.25) is 0 Å². The van der Waals surface area contributed by atoms with Crippen LogP contribution in [-0.2, 0) is 0 Å². The molecule has 1 saturated heterocycles. The SMILES string of the molecule is Cc1nc(-c2ccc(N3CCC[C@H](N[C@@H]4CCCC[C@H]4Nc4ncc(-c5ccc(OC(F)(F)F)cc5)o4)C3)cn2)no1. The van der Waals surface area contributed by atoms with E-state index >= 15 is 0 Å². The van der Waals surface area contributed by atoms with Gasteiger partial charge in [-0.25, -0.2) is 4.98 Å². The second-order valence-electron chi connectivity index (χ2n) is 10.7. The number of hydrogen-bond donors (Lipinski definition) is 2. The molecule has 10 nitrogen and oxygen atoms in total. The monoisotopic (exact) mass is 583 g/mol. The fraction of sp³-hybridized carbons (Fsp3) is 0.448. The molecule has 1 aromatic carbocycles. The fourth-order valence-corrected chi connectivity index (χ4v) is 5.72. The van der Waals surface area contributed by atoms with Gasteiger partial charge in [-0.1, -0.05) is 18.0 Å². The Morgan fingerprint density at radius 1 is 0.952 bits per heavy atom. The van der Waals surface area contributed by atoms with Crippen LogP contribution in [0, 0.1) is 6.92 Å². The van der Waals surface area contributed by atoms with Crippen molar-refractivity contribution >= 4 is 11.7 Å². The number of piperidine rings is 1. The normalized spacial score (nSPS) is 21.3. The van der Waals surface area contributed by atoms with Crippen LogP contribution in [0.4, 0.5) is 24.9 Å². The standard InChI is InChI=1S/C29H32F3N7O3/c1-18-35-27(38-42-18)25-13-10-21(15-33-25)39-14-4-5-20(17-39)36-23-6-2-3-7-24(23)37-28-34-16-26(40-28)19-8-11-22(12-9-19)41-29(30,31)32/h8-13,15-16,20,23-24,36H,2-7,14,17H2,1H3,(H,34,37)/t20-,23+,24+/m0/s1. The van der Waals surface area contributed by atoms with Gasteiger partial charge in [0.1, 0.15) is 11.4 Å². The van der Waals surface area contributed by atoms with Crippen molar-refractivity contribution in [3.63, 3.8) is 0 Å². The summed E-state index contributed by atoms with van der Waals surface area (Å²) in [5, 5.41) is 11.3. The van der Waals surface area contributed by atoms with Gasteiger partial charge in [0.15, 0.2) is 5.76 Å². The summed E-state index contributed by atoms with van der Waals surface area (Å²) < 4.78 is 52.3. The summed E-state index contributed by atoms with van der Waals surface area (Å²) in [6.07, 6.45) is 5.16. The first-order valence-electron chi connectivity index (χ1n) is 14.2. The average Bonchev–Trinajstić information content (AvgIpc) is 3.63. The van der Waals surface area contributed by atoms with Gasteiger partial charge in [-0.2, -0.15) is 4.98 Å². The lowest BCUT2D eigenvalue weighted by atomic mass is 9.89. The molecule has 0 radical (unpaired) electrons. The largest absolute Gasteiger partial charge is 0.573 e. The Kier molecular flexibility index (Phi) is 8.00. The molecule has 4 heterocycles. The third-order valence-electron chi connectivity index (χ3n) is 7.69. The second kappa shape index (κ2) is 12.0. The molecule has 13 heteroatoms. The topological polar surface area (TPSA) is 114 Å². The number of benzene rings is 1. The number of rotatable bonds is 8. The van der Waals surface area contributed by atoms with Crippen molar-refractivity contribution in [3.8, 4) is 28.6 Å². The molecule has 0 amide bonds. The van der Waals surface area contributed by atoms with Crippen molar-refractivity contribution in [2.24, 2.45) is 0 Å². The van der Waals surface area contributed by atoms with Gasteiger partial charge in [-0.3, -0.25) is 4.98 Å². The Morgan fingerprint density at radius 2 is 1.76 bits per heavy atom. The van der Waals surface area contributed by atoms with Crippen LogP contribution < -0.4 is 20.3 Å². The van der Waals surface area contributed by atoms with Crippen molar-refractivity contribution in [2.75, 3.05) is 23.3 Å². The molecule has 1 aliphatic carbocycles. The Labute approximate surface area is 240 Å². The van der Waals surface area contributed by atoms with Crippen LogP contribution in [0.15, 0.2) is 57.7 Å². The molecular weight excluding hydrogens is 551 g/mol. The summed E-state index contributed by atoms with van der Waals surface area (Å²) in [5.41, 5.74) is 2.36. The number of anilines is 2. The minimum absolute atomic E-state index is 0.141. The van der Waals surface area contributed by atoms with Crippen molar-refractivity contribution in [2.45, 2.75) is 69.9 Å². The van der Waals surface area contributed by atoms with Gasteiger partial charge in [-0.05, 0) is 62.1 Å². The average molecular weight is 584 g/mol. The minimum atomic E-state index is -4.73. The number of ether oxygens (including phenoxy) is 1.